The highest BCUT2D eigenvalue weighted by molar-refractivity contribution is 4.80. The molecule has 0 spiro atoms. The Morgan fingerprint density at radius 2 is 1.45 bits per heavy atom. The van der Waals surface area contributed by atoms with Gasteiger partial charge < -0.3 is 28.0 Å². The van der Waals surface area contributed by atoms with Gasteiger partial charge >= 0.3 is 0 Å². The van der Waals surface area contributed by atoms with Crippen LogP contribution in [0.1, 0.15) is 13.3 Å². The summed E-state index contributed by atoms with van der Waals surface area (Å²) in [5, 5.41) is 9.34. The van der Waals surface area contributed by atoms with Crippen molar-refractivity contribution < 1.29 is 5.11 Å². The normalized spacial score (nSPS) is 15.0. The van der Waals surface area contributed by atoms with Gasteiger partial charge in [0.25, 0.3) is 0 Å². The Kier molecular flexibility index (Phi) is 4.55. The molecule has 0 rings (SSSR count). The largest absolute Gasteiger partial charge is 0.393 e. The second-order valence-corrected chi connectivity index (χ2v) is 2.71. The smallest absolute Gasteiger partial charge is 0.0621 e. The van der Waals surface area contributed by atoms with E-state index >= 15 is 0 Å². The molecule has 0 aliphatic carbocycles. The lowest BCUT2D eigenvalue weighted by Crippen LogP contribution is -2.56. The molecule has 0 aliphatic rings. The van der Waals surface area contributed by atoms with E-state index in [4.69, 9.17) is 22.9 Å². The second kappa shape index (κ2) is 4.63. The molecule has 68 valence electrons. The van der Waals surface area contributed by atoms with E-state index in [1.807, 2.05) is 6.92 Å². The van der Waals surface area contributed by atoms with Gasteiger partial charge in [-0.15, -0.1) is 0 Å². The van der Waals surface area contributed by atoms with E-state index in [-0.39, 0.29) is 0 Å². The fourth-order valence-electron chi connectivity index (χ4n) is 1.04. The van der Waals surface area contributed by atoms with Gasteiger partial charge in [0.05, 0.1) is 18.4 Å². The first-order valence-corrected chi connectivity index (χ1v) is 3.71. The summed E-state index contributed by atoms with van der Waals surface area (Å²) in [4.78, 5) is 0. The minimum absolute atomic E-state index is 0.431. The highest BCUT2D eigenvalue weighted by Gasteiger charge is 2.25. The van der Waals surface area contributed by atoms with Gasteiger partial charge in [0.15, 0.2) is 0 Å². The summed E-state index contributed by atoms with van der Waals surface area (Å²) >= 11 is 0. The Hall–Kier alpha value is -0.200. The Morgan fingerprint density at radius 1 is 1.09 bits per heavy atom. The van der Waals surface area contributed by atoms with Crippen molar-refractivity contribution in [1.29, 1.82) is 0 Å². The molecular formula is C6H18N4O. The summed E-state index contributed by atoms with van der Waals surface area (Å²) in [6.07, 6.45) is -1.38. The van der Waals surface area contributed by atoms with Crippen LogP contribution in [-0.4, -0.2) is 23.5 Å². The maximum absolute atomic E-state index is 9.34. The first kappa shape index (κ1) is 10.8. The van der Waals surface area contributed by atoms with Crippen molar-refractivity contribution in [3.63, 3.8) is 0 Å². The number of aliphatic hydroxyl groups excluding tert-OH is 1. The highest BCUT2D eigenvalue weighted by Crippen LogP contribution is 2.09. The molecule has 11 heavy (non-hydrogen) atoms. The standard InChI is InChI=1S/C6H18N4O/c1-2-3(11)4(5(7)8)6(9)10/h3-6,11H,2,7-10H2,1H3. The van der Waals surface area contributed by atoms with Gasteiger partial charge in [-0.2, -0.15) is 0 Å². The fourth-order valence-corrected chi connectivity index (χ4v) is 1.04. The molecule has 0 aliphatic heterocycles. The van der Waals surface area contributed by atoms with Crippen molar-refractivity contribution >= 4 is 0 Å². The molecule has 0 aromatic rings. The quantitative estimate of drug-likeness (QED) is 0.302. The van der Waals surface area contributed by atoms with Crippen molar-refractivity contribution in [2.24, 2.45) is 28.9 Å². The van der Waals surface area contributed by atoms with Gasteiger partial charge in [-0.05, 0) is 6.42 Å². The SMILES string of the molecule is CCC(O)C(C(N)N)C(N)N. The highest BCUT2D eigenvalue weighted by atomic mass is 16.3. The molecule has 0 heterocycles. The van der Waals surface area contributed by atoms with Gasteiger partial charge in [0.1, 0.15) is 0 Å². The summed E-state index contributed by atoms with van der Waals surface area (Å²) in [7, 11) is 0. The van der Waals surface area contributed by atoms with Crippen molar-refractivity contribution in [3.8, 4) is 0 Å². The van der Waals surface area contributed by atoms with Gasteiger partial charge in [0.2, 0.25) is 0 Å². The van der Waals surface area contributed by atoms with Crippen LogP contribution in [0, 0.1) is 5.92 Å². The topological polar surface area (TPSA) is 124 Å². The van der Waals surface area contributed by atoms with Crippen LogP contribution in [0.15, 0.2) is 0 Å². The molecule has 0 radical (unpaired) electrons. The van der Waals surface area contributed by atoms with E-state index in [0.29, 0.717) is 6.42 Å². The van der Waals surface area contributed by atoms with Gasteiger partial charge in [-0.3, -0.25) is 0 Å². The van der Waals surface area contributed by atoms with E-state index in [1.54, 1.807) is 0 Å². The van der Waals surface area contributed by atoms with Crippen molar-refractivity contribution in [2.75, 3.05) is 0 Å². The average Bonchev–Trinajstić information content (AvgIpc) is 1.85. The number of hydrogen-bond acceptors (Lipinski definition) is 5. The summed E-state index contributed by atoms with van der Waals surface area (Å²) in [6, 6.07) is 0. The molecule has 0 amide bonds. The predicted molar refractivity (Wildman–Crippen MR) is 44.1 cm³/mol. The fraction of sp³-hybridized carbons (Fsp3) is 1.00. The second-order valence-electron chi connectivity index (χ2n) is 2.71. The molecular weight excluding hydrogens is 144 g/mol. The first-order valence-electron chi connectivity index (χ1n) is 3.71. The van der Waals surface area contributed by atoms with Crippen molar-refractivity contribution in [2.45, 2.75) is 31.8 Å². The Bertz CT molecular complexity index is 98.8. The van der Waals surface area contributed by atoms with E-state index in [2.05, 4.69) is 0 Å². The molecule has 0 fully saturated rings. The molecule has 0 aromatic heterocycles. The van der Waals surface area contributed by atoms with E-state index in [9.17, 15) is 5.11 Å². The number of hydrogen-bond donors (Lipinski definition) is 5. The Morgan fingerprint density at radius 3 is 1.55 bits per heavy atom. The van der Waals surface area contributed by atoms with E-state index in [1.165, 1.54) is 0 Å². The number of aliphatic hydroxyl groups is 1. The molecule has 5 heteroatoms. The first-order chi connectivity index (χ1) is 5.00. The van der Waals surface area contributed by atoms with Crippen LogP contribution in [0.5, 0.6) is 0 Å². The van der Waals surface area contributed by atoms with Crippen molar-refractivity contribution in [1.82, 2.24) is 0 Å². The van der Waals surface area contributed by atoms with Crippen LogP contribution in [0.25, 0.3) is 0 Å². The van der Waals surface area contributed by atoms with Crippen LogP contribution in [-0.2, 0) is 0 Å². The molecule has 1 unspecified atom stereocenters. The third-order valence-corrected chi connectivity index (χ3v) is 1.75. The molecule has 5 nitrogen and oxygen atoms in total. The maximum Gasteiger partial charge on any atom is 0.0621 e. The third kappa shape index (κ3) is 3.13. The van der Waals surface area contributed by atoms with Crippen LogP contribution in [0.4, 0.5) is 0 Å². The van der Waals surface area contributed by atoms with Crippen LogP contribution >= 0.6 is 0 Å². The lowest BCUT2D eigenvalue weighted by molar-refractivity contribution is 0.0757. The molecule has 9 N–H and O–H groups in total. The summed E-state index contributed by atoms with van der Waals surface area (Å²) < 4.78 is 0. The summed E-state index contributed by atoms with van der Waals surface area (Å²) in [5.74, 6) is -0.431. The van der Waals surface area contributed by atoms with E-state index < -0.39 is 24.4 Å². The van der Waals surface area contributed by atoms with Crippen LogP contribution in [0.2, 0.25) is 0 Å². The average molecular weight is 162 g/mol. The number of nitrogens with two attached hydrogens (primary N) is 4. The molecule has 0 saturated carbocycles. The Balaban J connectivity index is 4.09. The monoisotopic (exact) mass is 162 g/mol. The van der Waals surface area contributed by atoms with Gasteiger partial charge in [-0.1, -0.05) is 6.92 Å². The number of rotatable bonds is 4. The molecule has 0 saturated heterocycles. The van der Waals surface area contributed by atoms with Crippen LogP contribution < -0.4 is 22.9 Å². The van der Waals surface area contributed by atoms with Crippen molar-refractivity contribution in [3.05, 3.63) is 0 Å². The lowest BCUT2D eigenvalue weighted by Gasteiger charge is -2.28. The van der Waals surface area contributed by atoms with E-state index in [0.717, 1.165) is 0 Å². The molecule has 1 atom stereocenters. The predicted octanol–water partition coefficient (Wildman–Crippen LogP) is -2.14. The van der Waals surface area contributed by atoms with Gasteiger partial charge in [-0.25, -0.2) is 0 Å². The maximum atomic E-state index is 9.34. The Labute approximate surface area is 66.7 Å². The van der Waals surface area contributed by atoms with Gasteiger partial charge in [0, 0.05) is 5.92 Å². The molecule has 0 aromatic carbocycles. The zero-order valence-corrected chi connectivity index (χ0v) is 6.77. The lowest BCUT2D eigenvalue weighted by atomic mass is 9.95. The zero-order chi connectivity index (χ0) is 9.02. The minimum atomic E-state index is -0.662. The minimum Gasteiger partial charge on any atom is -0.393 e. The molecule has 0 bridgehead atoms. The zero-order valence-electron chi connectivity index (χ0n) is 6.77. The third-order valence-electron chi connectivity index (χ3n) is 1.75. The summed E-state index contributed by atoms with van der Waals surface area (Å²) in [5.41, 5.74) is 21.5. The van der Waals surface area contributed by atoms with Crippen LogP contribution in [0.3, 0.4) is 0 Å². The summed E-state index contributed by atoms with van der Waals surface area (Å²) in [6.45, 7) is 1.82.